The number of hydrogen-bond acceptors (Lipinski definition) is 5. The van der Waals surface area contributed by atoms with Crippen LogP contribution in [0.4, 0.5) is 0 Å². The Morgan fingerprint density at radius 2 is 1.41 bits per heavy atom. The molecular formula is C23H27NO5. The van der Waals surface area contributed by atoms with E-state index >= 15 is 0 Å². The van der Waals surface area contributed by atoms with Crippen LogP contribution in [0.5, 0.6) is 0 Å². The number of rotatable bonds is 9. The Morgan fingerprint density at radius 3 is 1.86 bits per heavy atom. The average Bonchev–Trinajstić information content (AvgIpc) is 2.76. The van der Waals surface area contributed by atoms with Gasteiger partial charge in [-0.2, -0.15) is 0 Å². The van der Waals surface area contributed by atoms with Crippen molar-refractivity contribution in [2.45, 2.75) is 32.2 Å². The lowest BCUT2D eigenvalue weighted by molar-refractivity contribution is -0.151. The fraction of sp³-hybridized carbons (Fsp3) is 0.348. The van der Waals surface area contributed by atoms with Crippen LogP contribution in [0.25, 0.3) is 0 Å². The highest BCUT2D eigenvalue weighted by molar-refractivity contribution is 5.88. The first-order valence-electron chi connectivity index (χ1n) is 9.61. The zero-order chi connectivity index (χ0) is 21.2. The molecule has 0 bridgehead atoms. The van der Waals surface area contributed by atoms with Crippen LogP contribution in [-0.2, 0) is 23.9 Å². The lowest BCUT2D eigenvalue weighted by Crippen LogP contribution is -2.47. The Kier molecular flexibility index (Phi) is 8.40. The molecule has 0 saturated heterocycles. The third kappa shape index (κ3) is 6.17. The van der Waals surface area contributed by atoms with Crippen molar-refractivity contribution in [2.24, 2.45) is 5.92 Å². The fourth-order valence-corrected chi connectivity index (χ4v) is 2.99. The van der Waals surface area contributed by atoms with Gasteiger partial charge < -0.3 is 14.8 Å². The van der Waals surface area contributed by atoms with Crippen LogP contribution in [0, 0.1) is 5.92 Å². The van der Waals surface area contributed by atoms with Crippen molar-refractivity contribution in [3.8, 4) is 0 Å². The molecule has 0 saturated carbocycles. The molecule has 2 atom stereocenters. The van der Waals surface area contributed by atoms with Crippen LogP contribution >= 0.6 is 0 Å². The minimum atomic E-state index is -0.782. The van der Waals surface area contributed by atoms with Gasteiger partial charge in [0.1, 0.15) is 12.0 Å². The Balaban J connectivity index is 2.08. The van der Waals surface area contributed by atoms with E-state index in [-0.39, 0.29) is 5.92 Å². The molecule has 1 amide bonds. The van der Waals surface area contributed by atoms with Crippen molar-refractivity contribution < 1.29 is 23.9 Å². The van der Waals surface area contributed by atoms with E-state index in [4.69, 9.17) is 9.47 Å². The summed E-state index contributed by atoms with van der Waals surface area (Å²) in [5, 5.41) is 2.60. The molecule has 0 heterocycles. The number of benzene rings is 2. The monoisotopic (exact) mass is 397 g/mol. The summed E-state index contributed by atoms with van der Waals surface area (Å²) in [6.07, 6.45) is 0.684. The Bertz CT molecular complexity index is 767. The molecule has 0 unspecified atom stereocenters. The van der Waals surface area contributed by atoms with Gasteiger partial charge in [0.2, 0.25) is 0 Å². The fourth-order valence-electron chi connectivity index (χ4n) is 2.99. The second kappa shape index (κ2) is 11.0. The first-order chi connectivity index (χ1) is 14.0. The van der Waals surface area contributed by atoms with Gasteiger partial charge in [-0.1, -0.05) is 80.9 Å². The van der Waals surface area contributed by atoms with E-state index in [0.29, 0.717) is 6.42 Å². The Labute approximate surface area is 171 Å². The number of hydrogen-bond donors (Lipinski definition) is 1. The van der Waals surface area contributed by atoms with Gasteiger partial charge in [-0.25, -0.2) is 4.79 Å². The number of carbonyl (C=O) groups is 3. The van der Waals surface area contributed by atoms with Crippen LogP contribution in [0.2, 0.25) is 0 Å². The van der Waals surface area contributed by atoms with Crippen molar-refractivity contribution in [1.29, 1.82) is 0 Å². The number of carbonyl (C=O) groups excluding carboxylic acids is 3. The lowest BCUT2D eigenvalue weighted by Gasteiger charge is -2.22. The van der Waals surface area contributed by atoms with Crippen LogP contribution in [0.1, 0.15) is 37.3 Å². The number of esters is 2. The van der Waals surface area contributed by atoms with Crippen LogP contribution in [-0.4, -0.2) is 37.6 Å². The highest BCUT2D eigenvalue weighted by Gasteiger charge is 2.28. The zero-order valence-electron chi connectivity index (χ0n) is 17.0. The van der Waals surface area contributed by atoms with Gasteiger partial charge in [0, 0.05) is 0 Å². The molecule has 6 nitrogen and oxygen atoms in total. The maximum Gasteiger partial charge on any atom is 0.328 e. The average molecular weight is 397 g/mol. The van der Waals surface area contributed by atoms with Crippen LogP contribution in [0.3, 0.4) is 0 Å². The predicted octanol–water partition coefficient (Wildman–Crippen LogP) is 3.07. The predicted molar refractivity (Wildman–Crippen MR) is 109 cm³/mol. The summed E-state index contributed by atoms with van der Waals surface area (Å²) in [5.74, 6) is -2.35. The van der Waals surface area contributed by atoms with Crippen molar-refractivity contribution >= 4 is 17.8 Å². The van der Waals surface area contributed by atoms with Crippen molar-refractivity contribution in [3.63, 3.8) is 0 Å². The molecule has 0 spiro atoms. The van der Waals surface area contributed by atoms with E-state index in [1.807, 2.05) is 74.5 Å². The highest BCUT2D eigenvalue weighted by atomic mass is 16.5. The summed E-state index contributed by atoms with van der Waals surface area (Å²) < 4.78 is 10.1. The minimum absolute atomic E-state index is 0.108. The Morgan fingerprint density at radius 1 is 0.897 bits per heavy atom. The highest BCUT2D eigenvalue weighted by Crippen LogP contribution is 2.25. The van der Waals surface area contributed by atoms with Crippen LogP contribution < -0.4 is 5.32 Å². The van der Waals surface area contributed by atoms with E-state index in [2.05, 4.69) is 5.32 Å². The molecule has 2 rings (SSSR count). The van der Waals surface area contributed by atoms with Crippen molar-refractivity contribution in [1.82, 2.24) is 5.32 Å². The topological polar surface area (TPSA) is 81.7 Å². The molecule has 154 valence electrons. The first-order valence-corrected chi connectivity index (χ1v) is 9.61. The molecule has 0 radical (unpaired) electrons. The third-order valence-electron chi connectivity index (χ3n) is 4.83. The van der Waals surface area contributed by atoms with E-state index in [1.165, 1.54) is 7.11 Å². The molecule has 29 heavy (non-hydrogen) atoms. The quantitative estimate of drug-likeness (QED) is 0.658. The SMILES string of the molecule is CC[C@H](C)[C@H](NC(=O)COC(=O)C(c1ccccc1)c1ccccc1)C(=O)OC. The summed E-state index contributed by atoms with van der Waals surface area (Å²) in [6, 6.07) is 17.7. The zero-order valence-corrected chi connectivity index (χ0v) is 17.0. The van der Waals surface area contributed by atoms with E-state index in [9.17, 15) is 14.4 Å². The van der Waals surface area contributed by atoms with Crippen molar-refractivity contribution in [2.75, 3.05) is 13.7 Å². The van der Waals surface area contributed by atoms with Gasteiger partial charge in [-0.15, -0.1) is 0 Å². The summed E-state index contributed by atoms with van der Waals surface area (Å²) >= 11 is 0. The number of amides is 1. The maximum absolute atomic E-state index is 12.8. The smallest absolute Gasteiger partial charge is 0.328 e. The van der Waals surface area contributed by atoms with E-state index < -0.39 is 36.4 Å². The summed E-state index contributed by atoms with van der Waals surface area (Å²) in [5.41, 5.74) is 1.55. The van der Waals surface area contributed by atoms with E-state index in [1.54, 1.807) is 0 Å². The molecule has 0 aliphatic heterocycles. The standard InChI is InChI=1S/C23H27NO5/c1-4-16(2)21(23(27)28-3)24-19(25)15-29-22(26)20(17-11-7-5-8-12-17)18-13-9-6-10-14-18/h5-14,16,20-21H,4,15H2,1-3H3,(H,24,25)/t16-,21-/m0/s1. The van der Waals surface area contributed by atoms with Crippen molar-refractivity contribution in [3.05, 3.63) is 71.8 Å². The lowest BCUT2D eigenvalue weighted by atomic mass is 9.91. The summed E-state index contributed by atoms with van der Waals surface area (Å²) in [4.78, 5) is 37.0. The number of methoxy groups -OCH3 is 1. The number of ether oxygens (including phenoxy) is 2. The molecule has 2 aromatic rings. The van der Waals surface area contributed by atoms with E-state index in [0.717, 1.165) is 11.1 Å². The van der Waals surface area contributed by atoms with Gasteiger partial charge in [0.05, 0.1) is 7.11 Å². The van der Waals surface area contributed by atoms with Gasteiger partial charge >= 0.3 is 11.9 Å². The second-order valence-corrected chi connectivity index (χ2v) is 6.82. The second-order valence-electron chi connectivity index (χ2n) is 6.82. The van der Waals surface area contributed by atoms with Gasteiger partial charge in [0.15, 0.2) is 6.61 Å². The third-order valence-corrected chi connectivity index (χ3v) is 4.83. The molecule has 0 fully saturated rings. The van der Waals surface area contributed by atoms with Gasteiger partial charge in [0.25, 0.3) is 5.91 Å². The molecule has 0 aliphatic carbocycles. The minimum Gasteiger partial charge on any atom is -0.467 e. The summed E-state index contributed by atoms with van der Waals surface area (Å²) in [7, 11) is 1.27. The molecule has 6 heteroatoms. The molecule has 1 N–H and O–H groups in total. The maximum atomic E-state index is 12.8. The summed E-state index contributed by atoms with van der Waals surface area (Å²) in [6.45, 7) is 3.28. The normalized spacial score (nSPS) is 12.7. The first kappa shape index (κ1) is 22.1. The molecular weight excluding hydrogens is 370 g/mol. The van der Waals surface area contributed by atoms with Gasteiger partial charge in [-0.3, -0.25) is 9.59 Å². The largest absolute Gasteiger partial charge is 0.467 e. The Hall–Kier alpha value is -3.15. The molecule has 2 aromatic carbocycles. The number of nitrogens with one attached hydrogen (secondary N) is 1. The molecule has 0 aromatic heterocycles. The van der Waals surface area contributed by atoms with Gasteiger partial charge in [-0.05, 0) is 17.0 Å². The van der Waals surface area contributed by atoms with Crippen LogP contribution in [0.15, 0.2) is 60.7 Å². The molecule has 0 aliphatic rings.